The zero-order valence-corrected chi connectivity index (χ0v) is 11.7. The summed E-state index contributed by atoms with van der Waals surface area (Å²) in [5.41, 5.74) is 0.667. The molecule has 9 heteroatoms. The number of hydrogen-bond donors (Lipinski definition) is 3. The second-order valence-corrected chi connectivity index (χ2v) is 4.67. The van der Waals surface area contributed by atoms with Gasteiger partial charge in [-0.15, -0.1) is 5.10 Å². The van der Waals surface area contributed by atoms with Crippen LogP contribution < -0.4 is 11.0 Å². The first-order chi connectivity index (χ1) is 11.1. The number of nitrogens with one attached hydrogen (secondary N) is 3. The first-order valence-electron chi connectivity index (χ1n) is 6.61. The van der Waals surface area contributed by atoms with Crippen LogP contribution in [-0.2, 0) is 6.42 Å². The molecule has 116 valence electrons. The molecule has 23 heavy (non-hydrogen) atoms. The number of carbonyl (C=O) groups is 1. The Balaban J connectivity index is 1.66. The second-order valence-electron chi connectivity index (χ2n) is 4.67. The molecule has 3 aromatic rings. The predicted molar refractivity (Wildman–Crippen MR) is 78.4 cm³/mol. The van der Waals surface area contributed by atoms with E-state index in [-0.39, 0.29) is 11.6 Å². The highest BCUT2D eigenvalue weighted by Gasteiger charge is 2.10. The Labute approximate surface area is 128 Å². The van der Waals surface area contributed by atoms with E-state index in [1.807, 2.05) is 0 Å². The standard InChI is InChI=1S/C14H11FN6O2/c15-9-3-1-8(2-4-9)5-11-16-6-10(7-17-11)18-13(22)12-19-14(23)21-20-12/h1-4,6-7H,5H2,(H,18,22)(H2,19,20,21,23). The van der Waals surface area contributed by atoms with Gasteiger partial charge in [0.15, 0.2) is 0 Å². The molecule has 2 aromatic heterocycles. The van der Waals surface area contributed by atoms with Gasteiger partial charge in [-0.25, -0.2) is 24.3 Å². The Kier molecular flexibility index (Phi) is 3.91. The van der Waals surface area contributed by atoms with Gasteiger partial charge >= 0.3 is 5.69 Å². The van der Waals surface area contributed by atoms with Gasteiger partial charge in [-0.05, 0) is 17.7 Å². The van der Waals surface area contributed by atoms with Gasteiger partial charge in [0.25, 0.3) is 5.91 Å². The van der Waals surface area contributed by atoms with E-state index in [2.05, 4.69) is 30.5 Å². The molecule has 0 saturated heterocycles. The molecule has 0 bridgehead atoms. The molecule has 0 spiro atoms. The Morgan fingerprint density at radius 2 is 1.87 bits per heavy atom. The molecule has 0 fully saturated rings. The lowest BCUT2D eigenvalue weighted by Crippen LogP contribution is -2.15. The third-order valence-electron chi connectivity index (χ3n) is 2.95. The van der Waals surface area contributed by atoms with Crippen molar-refractivity contribution in [3.63, 3.8) is 0 Å². The summed E-state index contributed by atoms with van der Waals surface area (Å²) >= 11 is 0. The zero-order valence-electron chi connectivity index (χ0n) is 11.7. The first kappa shape index (κ1) is 14.6. The van der Waals surface area contributed by atoms with E-state index < -0.39 is 11.6 Å². The van der Waals surface area contributed by atoms with E-state index in [0.717, 1.165) is 5.56 Å². The average molecular weight is 314 g/mol. The van der Waals surface area contributed by atoms with Crippen LogP contribution in [0.4, 0.5) is 10.1 Å². The quantitative estimate of drug-likeness (QED) is 0.660. The maximum absolute atomic E-state index is 12.8. The van der Waals surface area contributed by atoms with E-state index in [4.69, 9.17) is 0 Å². The van der Waals surface area contributed by atoms with Crippen LogP contribution in [0, 0.1) is 5.82 Å². The molecule has 1 aromatic carbocycles. The normalized spacial score (nSPS) is 10.5. The van der Waals surface area contributed by atoms with Crippen molar-refractivity contribution in [3.8, 4) is 0 Å². The van der Waals surface area contributed by atoms with Crippen LogP contribution in [-0.4, -0.2) is 31.1 Å². The molecule has 0 aliphatic heterocycles. The highest BCUT2D eigenvalue weighted by atomic mass is 19.1. The zero-order chi connectivity index (χ0) is 16.2. The van der Waals surface area contributed by atoms with E-state index >= 15 is 0 Å². The molecule has 0 aliphatic carbocycles. The number of anilines is 1. The molecule has 0 aliphatic rings. The van der Waals surface area contributed by atoms with Crippen molar-refractivity contribution >= 4 is 11.6 Å². The SMILES string of the molecule is O=C(Nc1cnc(Cc2ccc(F)cc2)nc1)c1n[nH]c(=O)[nH]1. The fourth-order valence-electron chi connectivity index (χ4n) is 1.86. The summed E-state index contributed by atoms with van der Waals surface area (Å²) < 4.78 is 12.8. The van der Waals surface area contributed by atoms with Gasteiger partial charge < -0.3 is 5.32 Å². The minimum absolute atomic E-state index is 0.134. The molecular weight excluding hydrogens is 303 g/mol. The smallest absolute Gasteiger partial charge is 0.317 e. The Morgan fingerprint density at radius 3 is 2.48 bits per heavy atom. The lowest BCUT2D eigenvalue weighted by atomic mass is 10.1. The van der Waals surface area contributed by atoms with Gasteiger partial charge in [-0.1, -0.05) is 12.1 Å². The third-order valence-corrected chi connectivity index (χ3v) is 2.95. The Hall–Kier alpha value is -3.36. The van der Waals surface area contributed by atoms with Gasteiger partial charge in [-0.2, -0.15) is 0 Å². The molecule has 0 atom stereocenters. The van der Waals surface area contributed by atoms with Crippen LogP contribution in [0.2, 0.25) is 0 Å². The van der Waals surface area contributed by atoms with Gasteiger partial charge in [0.1, 0.15) is 11.6 Å². The summed E-state index contributed by atoms with van der Waals surface area (Å²) in [5.74, 6) is -0.490. The maximum Gasteiger partial charge on any atom is 0.341 e. The number of H-pyrrole nitrogens is 2. The highest BCUT2D eigenvalue weighted by Crippen LogP contribution is 2.09. The van der Waals surface area contributed by atoms with Crippen molar-refractivity contribution in [2.45, 2.75) is 6.42 Å². The Morgan fingerprint density at radius 1 is 1.17 bits per heavy atom. The van der Waals surface area contributed by atoms with Crippen LogP contribution in [0.1, 0.15) is 22.0 Å². The Bertz CT molecular complexity index is 869. The number of hydrogen-bond acceptors (Lipinski definition) is 5. The number of aromatic nitrogens is 5. The molecule has 1 amide bonds. The second kappa shape index (κ2) is 6.18. The van der Waals surface area contributed by atoms with Gasteiger partial charge in [0.05, 0.1) is 18.1 Å². The van der Waals surface area contributed by atoms with E-state index in [1.165, 1.54) is 24.5 Å². The first-order valence-corrected chi connectivity index (χ1v) is 6.61. The third kappa shape index (κ3) is 3.64. The van der Waals surface area contributed by atoms with E-state index in [9.17, 15) is 14.0 Å². The van der Waals surface area contributed by atoms with Crippen molar-refractivity contribution in [2.75, 3.05) is 5.32 Å². The molecular formula is C14H11FN6O2. The monoisotopic (exact) mass is 314 g/mol. The van der Waals surface area contributed by atoms with Crippen LogP contribution in [0.25, 0.3) is 0 Å². The van der Waals surface area contributed by atoms with Crippen LogP contribution >= 0.6 is 0 Å². The number of amides is 1. The summed E-state index contributed by atoms with van der Waals surface area (Å²) in [4.78, 5) is 33.2. The molecule has 0 radical (unpaired) electrons. The fraction of sp³-hybridized carbons (Fsp3) is 0.0714. The summed E-state index contributed by atoms with van der Waals surface area (Å²) in [7, 11) is 0. The minimum atomic E-state index is -0.585. The number of nitrogens with zero attached hydrogens (tertiary/aromatic N) is 3. The molecule has 2 heterocycles. The molecule has 0 unspecified atom stereocenters. The topological polar surface area (TPSA) is 116 Å². The van der Waals surface area contributed by atoms with Gasteiger partial charge in [0, 0.05) is 6.42 Å². The number of aromatic amines is 2. The van der Waals surface area contributed by atoms with Crippen molar-refractivity contribution in [1.82, 2.24) is 25.1 Å². The highest BCUT2D eigenvalue weighted by molar-refractivity contribution is 6.01. The van der Waals surface area contributed by atoms with Crippen LogP contribution in [0.5, 0.6) is 0 Å². The predicted octanol–water partition coefficient (Wildman–Crippen LogP) is 0.870. The van der Waals surface area contributed by atoms with Crippen molar-refractivity contribution in [2.24, 2.45) is 0 Å². The summed E-state index contributed by atoms with van der Waals surface area (Å²) in [5, 5.41) is 8.12. The van der Waals surface area contributed by atoms with Crippen LogP contribution in [0.15, 0.2) is 41.5 Å². The van der Waals surface area contributed by atoms with Crippen LogP contribution in [0.3, 0.4) is 0 Å². The van der Waals surface area contributed by atoms with Crippen molar-refractivity contribution in [1.29, 1.82) is 0 Å². The van der Waals surface area contributed by atoms with E-state index in [1.54, 1.807) is 12.1 Å². The fourth-order valence-corrected chi connectivity index (χ4v) is 1.86. The van der Waals surface area contributed by atoms with Crippen molar-refractivity contribution in [3.05, 3.63) is 70.2 Å². The molecule has 3 rings (SSSR count). The number of halogens is 1. The van der Waals surface area contributed by atoms with E-state index in [0.29, 0.717) is 17.9 Å². The summed E-state index contributed by atoms with van der Waals surface area (Å²) in [6.07, 6.45) is 3.32. The largest absolute Gasteiger partial charge is 0.341 e. The van der Waals surface area contributed by atoms with Gasteiger partial charge in [-0.3, -0.25) is 9.78 Å². The molecule has 3 N–H and O–H groups in total. The minimum Gasteiger partial charge on any atom is -0.317 e. The summed E-state index contributed by atoms with van der Waals surface area (Å²) in [6.45, 7) is 0. The van der Waals surface area contributed by atoms with Gasteiger partial charge in [0.2, 0.25) is 5.82 Å². The lowest BCUT2D eigenvalue weighted by molar-refractivity contribution is 0.101. The molecule has 0 saturated carbocycles. The average Bonchev–Trinajstić information content (AvgIpc) is 2.98. The number of rotatable bonds is 4. The number of carbonyl (C=O) groups excluding carboxylic acids is 1. The number of benzene rings is 1. The van der Waals surface area contributed by atoms with Crippen molar-refractivity contribution < 1.29 is 9.18 Å². The summed E-state index contributed by atoms with van der Waals surface area (Å²) in [6, 6.07) is 6.05. The molecule has 8 nitrogen and oxygen atoms in total. The lowest BCUT2D eigenvalue weighted by Gasteiger charge is -2.04. The maximum atomic E-state index is 12.8.